The Morgan fingerprint density at radius 3 is 2.29 bits per heavy atom. The number of hydrogen-bond donors (Lipinski definition) is 5. The van der Waals surface area contributed by atoms with Gasteiger partial charge in [-0.2, -0.15) is 0 Å². The van der Waals surface area contributed by atoms with Crippen molar-refractivity contribution >= 4 is 23.2 Å². The minimum Gasteiger partial charge on any atom is -0.510 e. The largest absolute Gasteiger partial charge is 0.510 e. The molecule has 4 atom stereocenters. The monoisotopic (exact) mass is 557 g/mol. The van der Waals surface area contributed by atoms with Crippen LogP contribution < -0.4 is 10.6 Å². The number of aliphatic hydroxyl groups excluding tert-OH is 2. The van der Waals surface area contributed by atoms with Crippen LogP contribution in [0, 0.1) is 23.7 Å². The molecule has 0 fully saturated rings. The van der Waals surface area contributed by atoms with Gasteiger partial charge in [0.15, 0.2) is 11.4 Å². The van der Waals surface area contributed by atoms with Gasteiger partial charge in [0.05, 0.1) is 17.2 Å². The number of allylic oxidation sites excluding steroid dienone is 1. The summed E-state index contributed by atoms with van der Waals surface area (Å²) in [6, 6.07) is 9.78. The average Bonchev–Trinajstić information content (AvgIpc) is 2.90. The van der Waals surface area contributed by atoms with Gasteiger partial charge in [-0.15, -0.1) is 0 Å². The summed E-state index contributed by atoms with van der Waals surface area (Å²) in [7, 11) is 6.77. The Morgan fingerprint density at radius 2 is 1.71 bits per heavy atom. The number of primary amides is 1. The molecule has 2 aromatic rings. The van der Waals surface area contributed by atoms with Gasteiger partial charge in [0.25, 0.3) is 5.91 Å². The highest BCUT2D eigenvalue weighted by Crippen LogP contribution is 2.53. The third-order valence-electron chi connectivity index (χ3n) is 8.30. The Labute approximate surface area is 237 Å². The van der Waals surface area contributed by atoms with E-state index in [-0.39, 0.29) is 35.3 Å². The number of nitrogens with two attached hydrogens (primary N) is 1. The van der Waals surface area contributed by atoms with Crippen molar-refractivity contribution in [3.63, 3.8) is 0 Å². The lowest BCUT2D eigenvalue weighted by Crippen LogP contribution is -2.63. The van der Waals surface area contributed by atoms with Crippen molar-refractivity contribution < 1.29 is 34.8 Å². The molecule has 212 valence electrons. The molecule has 0 aromatic heterocycles. The molecule has 0 saturated heterocycles. The van der Waals surface area contributed by atoms with Crippen LogP contribution in [-0.4, -0.2) is 82.6 Å². The highest BCUT2D eigenvalue weighted by Gasteiger charge is 2.63. The summed E-state index contributed by atoms with van der Waals surface area (Å²) in [5, 5.41) is 45.5. The molecule has 0 unspecified atom stereocenters. The van der Waals surface area contributed by atoms with E-state index < -0.39 is 58.0 Å². The third kappa shape index (κ3) is 4.08. The van der Waals surface area contributed by atoms with E-state index in [9.17, 15) is 34.8 Å². The van der Waals surface area contributed by atoms with Crippen LogP contribution in [0.2, 0.25) is 0 Å². The first kappa shape index (κ1) is 28.0. The van der Waals surface area contributed by atoms with Crippen molar-refractivity contribution in [2.75, 3.05) is 33.1 Å². The predicted molar refractivity (Wildman–Crippen MR) is 150 cm³/mol. The minimum absolute atomic E-state index is 0.0228. The van der Waals surface area contributed by atoms with Crippen molar-refractivity contribution in [1.29, 1.82) is 0 Å². The number of ketones is 2. The number of aromatic hydroxyl groups is 1. The molecule has 0 aliphatic heterocycles. The Hall–Kier alpha value is -4.59. The molecule has 2 aromatic carbocycles. The first-order valence-electron chi connectivity index (χ1n) is 13.1. The summed E-state index contributed by atoms with van der Waals surface area (Å²) in [6.07, 6.45) is 0.219. The topological polar surface area (TPSA) is 165 Å². The lowest BCUT2D eigenvalue weighted by Gasteiger charge is -2.50. The van der Waals surface area contributed by atoms with E-state index in [4.69, 9.17) is 5.73 Å². The molecule has 0 radical (unpaired) electrons. The standard InChI is InChI=1S/C31H31N3O7/c1-33(2)20-14-16(11-10-15-8-6-5-7-9-15)25(35)22-18(20)12-17-13-19-24(34(3)4)27(37)23(30(32)40)29(39)31(19,41)28(38)21(17)26(22)36/h5-9,14,17,19,24,35,37-38,41H,12-13H2,1-4H3,(H2,32,40)/t17-,19-,24-,31+/m1/s1. The van der Waals surface area contributed by atoms with Gasteiger partial charge in [-0.25, -0.2) is 0 Å². The predicted octanol–water partition coefficient (Wildman–Crippen LogP) is 1.59. The summed E-state index contributed by atoms with van der Waals surface area (Å²) < 4.78 is 0. The number of phenols is 1. The number of hydrogen-bond acceptors (Lipinski definition) is 9. The van der Waals surface area contributed by atoms with Crippen molar-refractivity contribution in [1.82, 2.24) is 4.90 Å². The average molecular weight is 558 g/mol. The first-order valence-corrected chi connectivity index (χ1v) is 13.1. The first-order chi connectivity index (χ1) is 19.3. The highest BCUT2D eigenvalue weighted by atomic mass is 16.3. The van der Waals surface area contributed by atoms with E-state index in [0.717, 1.165) is 0 Å². The summed E-state index contributed by atoms with van der Waals surface area (Å²) in [5.41, 5.74) is 3.66. The maximum absolute atomic E-state index is 14.1. The summed E-state index contributed by atoms with van der Waals surface area (Å²) in [4.78, 5) is 43.0. The summed E-state index contributed by atoms with van der Waals surface area (Å²) in [5.74, 6) is -0.989. The molecule has 0 spiro atoms. The molecule has 0 heterocycles. The van der Waals surface area contributed by atoms with Crippen LogP contribution in [0.4, 0.5) is 5.69 Å². The molecule has 5 rings (SSSR count). The van der Waals surface area contributed by atoms with Crippen LogP contribution in [0.1, 0.15) is 33.5 Å². The van der Waals surface area contributed by atoms with Crippen molar-refractivity contribution in [3.8, 4) is 17.6 Å². The molecule has 41 heavy (non-hydrogen) atoms. The SMILES string of the molecule is CN(C)c1cc(C#Cc2ccccc2)c(O)c2c1C[C@@H]1C[C@@H]3[C@@H](N(C)C)C(O)=C(C(N)=O)C(=O)[C@@]3(O)C(O)=C1C2=O. The quantitative estimate of drug-likeness (QED) is 0.278. The van der Waals surface area contributed by atoms with E-state index in [0.29, 0.717) is 16.8 Å². The Morgan fingerprint density at radius 1 is 1.05 bits per heavy atom. The van der Waals surface area contributed by atoms with E-state index in [1.54, 1.807) is 39.2 Å². The van der Waals surface area contributed by atoms with E-state index in [1.807, 2.05) is 30.3 Å². The number of amides is 1. The molecule has 0 bridgehead atoms. The smallest absolute Gasteiger partial charge is 0.255 e. The van der Waals surface area contributed by atoms with E-state index >= 15 is 0 Å². The van der Waals surface area contributed by atoms with Gasteiger partial charge in [-0.3, -0.25) is 19.3 Å². The molecular weight excluding hydrogens is 526 g/mol. The highest BCUT2D eigenvalue weighted by molar-refractivity contribution is 6.25. The number of carbonyl (C=O) groups excluding carboxylic acids is 3. The number of benzene rings is 2. The van der Waals surface area contributed by atoms with Gasteiger partial charge in [0.2, 0.25) is 5.78 Å². The van der Waals surface area contributed by atoms with Gasteiger partial charge in [0, 0.05) is 36.8 Å². The van der Waals surface area contributed by atoms with Crippen LogP contribution >= 0.6 is 0 Å². The molecular formula is C31H31N3O7. The van der Waals surface area contributed by atoms with Crippen molar-refractivity contribution in [2.24, 2.45) is 17.6 Å². The Bertz CT molecular complexity index is 1630. The number of Topliss-reactive ketones (excluding diaryl/α,β-unsaturated/α-hetero) is 2. The molecule has 1 amide bonds. The number of rotatable bonds is 3. The van der Waals surface area contributed by atoms with Crippen LogP contribution in [0.15, 0.2) is 59.1 Å². The van der Waals surface area contributed by atoms with Gasteiger partial charge >= 0.3 is 0 Å². The number of nitrogens with zero attached hydrogens (tertiary/aromatic N) is 2. The fraction of sp³-hybridized carbons (Fsp3) is 0.323. The fourth-order valence-corrected chi connectivity index (χ4v) is 6.45. The lowest BCUT2D eigenvalue weighted by atomic mass is 9.58. The Balaban J connectivity index is 1.72. The van der Waals surface area contributed by atoms with Crippen LogP contribution in [0.5, 0.6) is 5.75 Å². The van der Waals surface area contributed by atoms with E-state index in [1.165, 1.54) is 4.90 Å². The number of phenolic OH excluding ortho intramolecular Hbond substituents is 1. The summed E-state index contributed by atoms with van der Waals surface area (Å²) >= 11 is 0. The van der Waals surface area contributed by atoms with Crippen LogP contribution in [0.3, 0.4) is 0 Å². The number of likely N-dealkylation sites (N-methyl/N-ethyl adjacent to an activating group) is 1. The van der Waals surface area contributed by atoms with Gasteiger partial charge in [-0.05, 0) is 56.6 Å². The molecule has 6 N–H and O–H groups in total. The van der Waals surface area contributed by atoms with Crippen LogP contribution in [0.25, 0.3) is 0 Å². The number of anilines is 1. The zero-order valence-electron chi connectivity index (χ0n) is 23.1. The minimum atomic E-state index is -2.69. The molecule has 3 aliphatic rings. The maximum atomic E-state index is 14.1. The number of aliphatic hydroxyl groups is 3. The number of fused-ring (bicyclic) bond motifs is 3. The van der Waals surface area contributed by atoms with Crippen LogP contribution in [-0.2, 0) is 16.0 Å². The number of carbonyl (C=O) groups is 3. The lowest BCUT2D eigenvalue weighted by molar-refractivity contribution is -0.148. The molecule has 0 saturated carbocycles. The van der Waals surface area contributed by atoms with Gasteiger partial charge in [0.1, 0.15) is 22.8 Å². The fourth-order valence-electron chi connectivity index (χ4n) is 6.45. The Kier molecular flexibility index (Phi) is 6.68. The second-order valence-electron chi connectivity index (χ2n) is 11.1. The molecule has 10 nitrogen and oxygen atoms in total. The summed E-state index contributed by atoms with van der Waals surface area (Å²) in [6.45, 7) is 0. The normalized spacial score (nSPS) is 25.3. The van der Waals surface area contributed by atoms with E-state index in [2.05, 4.69) is 11.8 Å². The van der Waals surface area contributed by atoms with Crippen molar-refractivity contribution in [3.05, 3.63) is 81.3 Å². The van der Waals surface area contributed by atoms with Crippen molar-refractivity contribution in [2.45, 2.75) is 24.5 Å². The zero-order valence-corrected chi connectivity index (χ0v) is 23.1. The molecule has 10 heteroatoms. The van der Waals surface area contributed by atoms with Gasteiger partial charge in [-0.1, -0.05) is 30.0 Å². The third-order valence-corrected chi connectivity index (χ3v) is 8.30. The maximum Gasteiger partial charge on any atom is 0.255 e. The van der Waals surface area contributed by atoms with Gasteiger partial charge < -0.3 is 31.1 Å². The second-order valence-corrected chi connectivity index (χ2v) is 11.1. The second kappa shape index (κ2) is 9.80. The zero-order chi connectivity index (χ0) is 30.0. The molecule has 3 aliphatic carbocycles.